The molecule has 0 aromatic rings. The van der Waals surface area contributed by atoms with E-state index in [9.17, 15) is 9.59 Å². The first-order valence-electron chi connectivity index (χ1n) is 4.74. The van der Waals surface area contributed by atoms with Crippen molar-refractivity contribution in [1.82, 2.24) is 15.1 Å². The average molecular weight is 198 g/mol. The summed E-state index contributed by atoms with van der Waals surface area (Å²) in [5.41, 5.74) is 5.17. The van der Waals surface area contributed by atoms with Crippen LogP contribution in [0.1, 0.15) is 0 Å². The van der Waals surface area contributed by atoms with Crippen LogP contribution in [0.3, 0.4) is 0 Å². The molecule has 3 amide bonds. The highest BCUT2D eigenvalue weighted by Gasteiger charge is 2.35. The number of carbonyl (C=O) groups is 2. The van der Waals surface area contributed by atoms with Crippen LogP contribution in [0.2, 0.25) is 0 Å². The van der Waals surface area contributed by atoms with E-state index in [2.05, 4.69) is 10.2 Å². The molecule has 6 heteroatoms. The minimum absolute atomic E-state index is 0.00204. The van der Waals surface area contributed by atoms with Crippen molar-refractivity contribution in [3.05, 3.63) is 0 Å². The first-order chi connectivity index (χ1) is 6.68. The van der Waals surface area contributed by atoms with Crippen molar-refractivity contribution < 1.29 is 9.59 Å². The Bertz CT molecular complexity index is 268. The smallest absolute Gasteiger partial charge is 0.314 e. The highest BCUT2D eigenvalue weighted by Crippen LogP contribution is 2.11. The Balaban J connectivity index is 2.05. The molecule has 78 valence electrons. The van der Waals surface area contributed by atoms with E-state index >= 15 is 0 Å². The molecule has 0 aromatic carbocycles. The molecule has 3 N–H and O–H groups in total. The van der Waals surface area contributed by atoms with Crippen LogP contribution in [-0.2, 0) is 4.79 Å². The van der Waals surface area contributed by atoms with Gasteiger partial charge in [0.1, 0.15) is 6.04 Å². The summed E-state index contributed by atoms with van der Waals surface area (Å²) in [6, 6.07) is -0.645. The summed E-state index contributed by atoms with van der Waals surface area (Å²) in [4.78, 5) is 26.0. The third-order valence-corrected chi connectivity index (χ3v) is 2.80. The van der Waals surface area contributed by atoms with Crippen LogP contribution in [0.25, 0.3) is 0 Å². The van der Waals surface area contributed by atoms with E-state index in [1.807, 2.05) is 0 Å². The number of amides is 3. The molecule has 0 saturated carbocycles. The zero-order valence-corrected chi connectivity index (χ0v) is 7.90. The molecule has 1 unspecified atom stereocenters. The molecule has 2 heterocycles. The second kappa shape index (κ2) is 3.45. The predicted octanol–water partition coefficient (Wildman–Crippen LogP) is -1.82. The fraction of sp³-hybridized carbons (Fsp3) is 0.750. The first kappa shape index (κ1) is 9.26. The summed E-state index contributed by atoms with van der Waals surface area (Å²) in [6.07, 6.45) is 0. The van der Waals surface area contributed by atoms with Crippen molar-refractivity contribution in [3.8, 4) is 0 Å². The molecule has 0 aromatic heterocycles. The van der Waals surface area contributed by atoms with Crippen LogP contribution in [0.15, 0.2) is 0 Å². The van der Waals surface area contributed by atoms with Crippen LogP contribution >= 0.6 is 0 Å². The number of hydrogen-bond donors (Lipinski definition) is 2. The topological polar surface area (TPSA) is 78.7 Å². The number of piperazine rings is 2. The molecule has 0 bridgehead atoms. The van der Waals surface area contributed by atoms with Crippen molar-refractivity contribution in [2.24, 2.45) is 5.73 Å². The second-order valence-electron chi connectivity index (χ2n) is 3.63. The Labute approximate surface area is 82.0 Å². The zero-order chi connectivity index (χ0) is 10.1. The zero-order valence-electron chi connectivity index (χ0n) is 7.90. The largest absolute Gasteiger partial charge is 0.353 e. The van der Waals surface area contributed by atoms with Crippen molar-refractivity contribution in [2.45, 2.75) is 6.04 Å². The minimum atomic E-state index is -0.442. The summed E-state index contributed by atoms with van der Waals surface area (Å²) >= 11 is 0. The van der Waals surface area contributed by atoms with Gasteiger partial charge >= 0.3 is 6.03 Å². The maximum atomic E-state index is 11.5. The van der Waals surface area contributed by atoms with Gasteiger partial charge in [-0.15, -0.1) is 0 Å². The highest BCUT2D eigenvalue weighted by atomic mass is 16.2. The number of fused-ring (bicyclic) bond motifs is 1. The van der Waals surface area contributed by atoms with E-state index in [1.165, 1.54) is 4.90 Å². The standard InChI is InChI=1S/C8H14N4O2/c9-8(14)12-4-3-11-2-1-10-7(13)6(11)5-12/h6H,1-5H2,(H2,9,14)(H,10,13). The lowest BCUT2D eigenvalue weighted by Crippen LogP contribution is -2.65. The number of nitrogens with two attached hydrogens (primary N) is 1. The molecule has 1 atom stereocenters. The quantitative estimate of drug-likeness (QED) is 0.481. The van der Waals surface area contributed by atoms with E-state index < -0.39 is 6.03 Å². The normalized spacial score (nSPS) is 28.1. The summed E-state index contributed by atoms with van der Waals surface area (Å²) in [5.74, 6) is 0.00204. The number of primary amides is 1. The summed E-state index contributed by atoms with van der Waals surface area (Å²) < 4.78 is 0. The van der Waals surface area contributed by atoms with E-state index in [4.69, 9.17) is 5.73 Å². The van der Waals surface area contributed by atoms with Gasteiger partial charge in [-0.2, -0.15) is 0 Å². The molecule has 2 fully saturated rings. The van der Waals surface area contributed by atoms with Gasteiger partial charge in [0.2, 0.25) is 5.91 Å². The van der Waals surface area contributed by atoms with Crippen LogP contribution < -0.4 is 11.1 Å². The number of rotatable bonds is 0. The molecule has 2 aliphatic rings. The molecule has 0 radical (unpaired) electrons. The third-order valence-electron chi connectivity index (χ3n) is 2.80. The number of hydrogen-bond acceptors (Lipinski definition) is 3. The SMILES string of the molecule is NC(=O)N1CCN2CCNC(=O)C2C1. The molecule has 2 aliphatic heterocycles. The lowest BCUT2D eigenvalue weighted by molar-refractivity contribution is -0.131. The van der Waals surface area contributed by atoms with Gasteiger partial charge in [-0.1, -0.05) is 0 Å². The summed E-state index contributed by atoms with van der Waals surface area (Å²) in [6.45, 7) is 3.34. The van der Waals surface area contributed by atoms with Crippen LogP contribution in [0, 0.1) is 0 Å². The maximum absolute atomic E-state index is 11.5. The minimum Gasteiger partial charge on any atom is -0.353 e. The van der Waals surface area contributed by atoms with Gasteiger partial charge in [0.25, 0.3) is 0 Å². The Morgan fingerprint density at radius 1 is 1.43 bits per heavy atom. The Morgan fingerprint density at radius 2 is 2.21 bits per heavy atom. The van der Waals surface area contributed by atoms with Crippen molar-refractivity contribution in [1.29, 1.82) is 0 Å². The van der Waals surface area contributed by atoms with Crippen molar-refractivity contribution >= 4 is 11.9 Å². The van der Waals surface area contributed by atoms with Gasteiger partial charge in [-0.3, -0.25) is 9.69 Å². The number of urea groups is 1. The fourth-order valence-corrected chi connectivity index (χ4v) is 1.98. The highest BCUT2D eigenvalue weighted by molar-refractivity contribution is 5.84. The van der Waals surface area contributed by atoms with E-state index in [1.54, 1.807) is 0 Å². The fourth-order valence-electron chi connectivity index (χ4n) is 1.98. The second-order valence-corrected chi connectivity index (χ2v) is 3.63. The van der Waals surface area contributed by atoms with Gasteiger partial charge in [0.15, 0.2) is 0 Å². The van der Waals surface area contributed by atoms with Gasteiger partial charge in [-0.25, -0.2) is 4.79 Å². The van der Waals surface area contributed by atoms with Crippen LogP contribution in [0.5, 0.6) is 0 Å². The summed E-state index contributed by atoms with van der Waals surface area (Å²) in [7, 11) is 0. The predicted molar refractivity (Wildman–Crippen MR) is 49.5 cm³/mol. The molecular formula is C8H14N4O2. The van der Waals surface area contributed by atoms with Crippen molar-refractivity contribution in [2.75, 3.05) is 32.7 Å². The van der Waals surface area contributed by atoms with Gasteiger partial charge in [-0.05, 0) is 0 Å². The van der Waals surface area contributed by atoms with Gasteiger partial charge in [0.05, 0.1) is 0 Å². The molecular weight excluding hydrogens is 184 g/mol. The molecule has 6 nitrogen and oxygen atoms in total. The lowest BCUT2D eigenvalue weighted by Gasteiger charge is -2.42. The maximum Gasteiger partial charge on any atom is 0.314 e. The molecule has 0 spiro atoms. The number of carbonyl (C=O) groups excluding carboxylic acids is 2. The number of nitrogens with one attached hydrogen (secondary N) is 1. The van der Waals surface area contributed by atoms with E-state index in [-0.39, 0.29) is 11.9 Å². The average Bonchev–Trinajstić information content (AvgIpc) is 2.18. The van der Waals surface area contributed by atoms with Crippen LogP contribution in [0.4, 0.5) is 4.79 Å². The Hall–Kier alpha value is -1.30. The number of nitrogens with zero attached hydrogens (tertiary/aromatic N) is 2. The van der Waals surface area contributed by atoms with Gasteiger partial charge in [0, 0.05) is 32.7 Å². The van der Waals surface area contributed by atoms with Crippen molar-refractivity contribution in [3.63, 3.8) is 0 Å². The monoisotopic (exact) mass is 198 g/mol. The van der Waals surface area contributed by atoms with Crippen LogP contribution in [-0.4, -0.2) is 60.5 Å². The Kier molecular flexibility index (Phi) is 2.28. The van der Waals surface area contributed by atoms with E-state index in [0.29, 0.717) is 19.6 Å². The third kappa shape index (κ3) is 1.52. The first-order valence-corrected chi connectivity index (χ1v) is 4.74. The molecule has 2 saturated heterocycles. The Morgan fingerprint density at radius 3 is 2.93 bits per heavy atom. The molecule has 14 heavy (non-hydrogen) atoms. The van der Waals surface area contributed by atoms with E-state index in [0.717, 1.165) is 13.1 Å². The molecule has 2 rings (SSSR count). The molecule has 0 aliphatic carbocycles. The van der Waals surface area contributed by atoms with Gasteiger partial charge < -0.3 is 16.0 Å². The lowest BCUT2D eigenvalue weighted by atomic mass is 10.1. The summed E-state index contributed by atoms with van der Waals surface area (Å²) in [5, 5.41) is 2.78.